The lowest BCUT2D eigenvalue weighted by Gasteiger charge is -1.85. The Morgan fingerprint density at radius 1 is 1.88 bits per heavy atom. The third-order valence-electron chi connectivity index (χ3n) is 1.08. The van der Waals surface area contributed by atoms with E-state index in [9.17, 15) is 4.79 Å². The molecule has 46 valence electrons. The zero-order chi connectivity index (χ0) is 5.98. The van der Waals surface area contributed by atoms with Gasteiger partial charge in [-0.05, 0) is 6.42 Å². The first kappa shape index (κ1) is 5.56. The number of carboxylic acids is 1. The molecule has 0 bridgehead atoms. The van der Waals surface area contributed by atoms with Crippen molar-refractivity contribution in [3.63, 3.8) is 0 Å². The Labute approximate surface area is 47.3 Å². The first-order chi connectivity index (χ1) is 3.79. The van der Waals surface area contributed by atoms with E-state index in [0.717, 1.165) is 6.61 Å². The molecule has 1 aliphatic rings. The van der Waals surface area contributed by atoms with Crippen LogP contribution in [0.4, 0.5) is 0 Å². The van der Waals surface area contributed by atoms with E-state index in [-0.39, 0.29) is 12.5 Å². The lowest BCUT2D eigenvalue weighted by molar-refractivity contribution is -0.137. The number of carbonyl (C=O) groups is 1. The fourth-order valence-corrected chi connectivity index (χ4v) is 0.519. The van der Waals surface area contributed by atoms with E-state index in [1.54, 1.807) is 0 Å². The predicted molar refractivity (Wildman–Crippen MR) is 26.6 cm³/mol. The molecule has 0 aromatic rings. The predicted octanol–water partition coefficient (Wildman–Crippen LogP) is 0.250. The molecule has 1 heterocycles. The minimum Gasteiger partial charge on any atom is -0.481 e. The molecular formula is C5H8O3. The minimum absolute atomic E-state index is 0.241. The van der Waals surface area contributed by atoms with Gasteiger partial charge in [-0.1, -0.05) is 0 Å². The summed E-state index contributed by atoms with van der Waals surface area (Å²) in [6.07, 6.45) is 1.17. The summed E-state index contributed by atoms with van der Waals surface area (Å²) in [5.41, 5.74) is 0. The monoisotopic (exact) mass is 116 g/mol. The zero-order valence-electron chi connectivity index (χ0n) is 4.46. The van der Waals surface area contributed by atoms with Gasteiger partial charge >= 0.3 is 5.97 Å². The van der Waals surface area contributed by atoms with Gasteiger partial charge in [0.05, 0.1) is 12.7 Å². The average molecular weight is 116 g/mol. The first-order valence-electron chi connectivity index (χ1n) is 2.62. The van der Waals surface area contributed by atoms with Crippen LogP contribution in [0.15, 0.2) is 0 Å². The topological polar surface area (TPSA) is 49.8 Å². The highest BCUT2D eigenvalue weighted by molar-refractivity contribution is 5.66. The van der Waals surface area contributed by atoms with Gasteiger partial charge in [-0.15, -0.1) is 0 Å². The maximum atomic E-state index is 9.88. The van der Waals surface area contributed by atoms with Crippen LogP contribution in [0.25, 0.3) is 0 Å². The lowest BCUT2D eigenvalue weighted by atomic mass is 10.2. The number of hydrogen-bond acceptors (Lipinski definition) is 2. The van der Waals surface area contributed by atoms with Crippen LogP contribution in [-0.2, 0) is 9.53 Å². The van der Waals surface area contributed by atoms with Gasteiger partial charge in [0.1, 0.15) is 0 Å². The number of rotatable bonds is 3. The molecule has 1 atom stereocenters. The van der Waals surface area contributed by atoms with Crippen LogP contribution in [0.3, 0.4) is 0 Å². The third kappa shape index (κ3) is 1.93. The second-order valence-corrected chi connectivity index (χ2v) is 1.89. The van der Waals surface area contributed by atoms with Crippen molar-refractivity contribution in [1.82, 2.24) is 0 Å². The van der Waals surface area contributed by atoms with Gasteiger partial charge in [-0.3, -0.25) is 4.79 Å². The van der Waals surface area contributed by atoms with E-state index >= 15 is 0 Å². The molecule has 0 aromatic carbocycles. The second kappa shape index (κ2) is 2.13. The van der Waals surface area contributed by atoms with Gasteiger partial charge < -0.3 is 9.84 Å². The maximum absolute atomic E-state index is 9.88. The Kier molecular flexibility index (Phi) is 1.48. The highest BCUT2D eigenvalue weighted by Crippen LogP contribution is 2.14. The summed E-state index contributed by atoms with van der Waals surface area (Å²) >= 11 is 0. The number of aliphatic carboxylic acids is 1. The molecule has 0 amide bonds. The number of carboxylic acid groups (broad SMARTS) is 1. The summed E-state index contributed by atoms with van der Waals surface area (Å²) in [6, 6.07) is 0. The van der Waals surface area contributed by atoms with Crippen LogP contribution in [0.2, 0.25) is 0 Å². The Morgan fingerprint density at radius 3 is 2.88 bits per heavy atom. The zero-order valence-corrected chi connectivity index (χ0v) is 4.46. The molecule has 0 radical (unpaired) electrons. The van der Waals surface area contributed by atoms with Crippen LogP contribution in [0.5, 0.6) is 0 Å². The highest BCUT2D eigenvalue weighted by atomic mass is 16.6. The normalized spacial score (nSPS) is 25.2. The number of hydrogen-bond donors (Lipinski definition) is 1. The Morgan fingerprint density at radius 2 is 2.50 bits per heavy atom. The highest BCUT2D eigenvalue weighted by Gasteiger charge is 2.22. The molecule has 0 spiro atoms. The fraction of sp³-hybridized carbons (Fsp3) is 0.800. The van der Waals surface area contributed by atoms with Gasteiger partial charge in [0.25, 0.3) is 0 Å². The molecule has 3 heteroatoms. The fourth-order valence-electron chi connectivity index (χ4n) is 0.519. The minimum atomic E-state index is -0.736. The molecule has 1 N–H and O–H groups in total. The Bertz CT molecular complexity index is 95.8. The van der Waals surface area contributed by atoms with Crippen LogP contribution < -0.4 is 0 Å². The standard InChI is InChI=1S/C5H8O3/c6-5(7)2-1-4-3-8-4/h4H,1-3H2,(H,6,7)/t4-/m0/s1. The first-order valence-corrected chi connectivity index (χ1v) is 2.62. The van der Waals surface area contributed by atoms with E-state index in [2.05, 4.69) is 0 Å². The van der Waals surface area contributed by atoms with Gasteiger partial charge in [0.15, 0.2) is 0 Å². The van der Waals surface area contributed by atoms with Crippen molar-refractivity contribution < 1.29 is 14.6 Å². The molecule has 0 unspecified atom stereocenters. The summed E-state index contributed by atoms with van der Waals surface area (Å²) in [7, 11) is 0. The van der Waals surface area contributed by atoms with Gasteiger partial charge in [-0.25, -0.2) is 0 Å². The Hall–Kier alpha value is -0.570. The average Bonchev–Trinajstić information content (AvgIpc) is 2.41. The van der Waals surface area contributed by atoms with Gasteiger partial charge in [0.2, 0.25) is 0 Å². The van der Waals surface area contributed by atoms with E-state index in [1.165, 1.54) is 0 Å². The van der Waals surface area contributed by atoms with Crippen LogP contribution >= 0.6 is 0 Å². The molecule has 1 saturated heterocycles. The summed E-state index contributed by atoms with van der Waals surface area (Å²) < 4.78 is 4.80. The van der Waals surface area contributed by atoms with E-state index in [4.69, 9.17) is 9.84 Å². The van der Waals surface area contributed by atoms with Crippen LogP contribution in [0, 0.1) is 0 Å². The quantitative estimate of drug-likeness (QED) is 0.538. The van der Waals surface area contributed by atoms with E-state index < -0.39 is 5.97 Å². The van der Waals surface area contributed by atoms with Gasteiger partial charge in [-0.2, -0.15) is 0 Å². The smallest absolute Gasteiger partial charge is 0.303 e. The van der Waals surface area contributed by atoms with Crippen molar-refractivity contribution >= 4 is 5.97 Å². The molecule has 1 aliphatic heterocycles. The van der Waals surface area contributed by atoms with Crippen molar-refractivity contribution in [2.24, 2.45) is 0 Å². The largest absolute Gasteiger partial charge is 0.481 e. The molecule has 1 rings (SSSR count). The molecular weight excluding hydrogens is 108 g/mol. The van der Waals surface area contributed by atoms with Crippen molar-refractivity contribution in [3.05, 3.63) is 0 Å². The summed E-state index contributed by atoms with van der Waals surface area (Å²) in [5.74, 6) is -0.736. The number of ether oxygens (including phenoxy) is 1. The number of epoxide rings is 1. The van der Waals surface area contributed by atoms with Crippen molar-refractivity contribution in [2.45, 2.75) is 18.9 Å². The molecule has 1 fully saturated rings. The van der Waals surface area contributed by atoms with Gasteiger partial charge in [0, 0.05) is 6.42 Å². The van der Waals surface area contributed by atoms with Crippen molar-refractivity contribution in [2.75, 3.05) is 6.61 Å². The molecule has 8 heavy (non-hydrogen) atoms. The van der Waals surface area contributed by atoms with E-state index in [1.807, 2.05) is 0 Å². The van der Waals surface area contributed by atoms with Crippen LogP contribution in [0.1, 0.15) is 12.8 Å². The maximum Gasteiger partial charge on any atom is 0.303 e. The summed E-state index contributed by atoms with van der Waals surface area (Å²) in [4.78, 5) is 9.88. The second-order valence-electron chi connectivity index (χ2n) is 1.89. The summed E-state index contributed by atoms with van der Waals surface area (Å²) in [5, 5.41) is 8.13. The van der Waals surface area contributed by atoms with Crippen molar-refractivity contribution in [3.8, 4) is 0 Å². The summed E-state index contributed by atoms with van der Waals surface area (Å²) in [6.45, 7) is 0.757. The SMILES string of the molecule is O=C(O)CC[C@H]1CO1. The lowest BCUT2D eigenvalue weighted by Crippen LogP contribution is -1.96. The molecule has 3 nitrogen and oxygen atoms in total. The van der Waals surface area contributed by atoms with Crippen LogP contribution in [-0.4, -0.2) is 23.8 Å². The van der Waals surface area contributed by atoms with Crippen molar-refractivity contribution in [1.29, 1.82) is 0 Å². The third-order valence-corrected chi connectivity index (χ3v) is 1.08. The molecule has 0 aliphatic carbocycles. The Balaban J connectivity index is 1.95. The molecule has 0 saturated carbocycles. The van der Waals surface area contributed by atoms with E-state index in [0.29, 0.717) is 6.42 Å². The molecule has 0 aromatic heterocycles.